The monoisotopic (exact) mass is 1650 g/mol. The molecule has 0 N–H and O–H groups in total. The highest BCUT2D eigenvalue weighted by Gasteiger charge is 2.27. The maximum atomic E-state index is 5.55. The van der Waals surface area contributed by atoms with Gasteiger partial charge in [0.1, 0.15) is 0 Å². The maximum Gasteiger partial charge on any atom is 0.0973 e. The lowest BCUT2D eigenvalue weighted by atomic mass is 9.96. The highest BCUT2D eigenvalue weighted by molar-refractivity contribution is 6.35. The number of fused-ring (bicyclic) bond motifs is 24. The molecule has 6 heterocycles. The van der Waals surface area contributed by atoms with Crippen molar-refractivity contribution in [3.05, 3.63) is 461 Å². The summed E-state index contributed by atoms with van der Waals surface area (Å²) in [4.78, 5) is 21.8. The Hall–Kier alpha value is -17.5. The van der Waals surface area contributed by atoms with Crippen molar-refractivity contribution in [3.8, 4) is 101 Å². The summed E-state index contributed by atoms with van der Waals surface area (Å²) in [5.74, 6) is 0. The Bertz CT molecular complexity index is 9230. The zero-order valence-corrected chi connectivity index (χ0v) is 70.5. The van der Waals surface area contributed by atoms with Gasteiger partial charge in [-0.15, -0.1) is 0 Å². The molecule has 0 fully saturated rings. The lowest BCUT2D eigenvalue weighted by Crippen LogP contribution is -1.99. The zero-order valence-electron chi connectivity index (χ0n) is 70.5. The van der Waals surface area contributed by atoms with Crippen LogP contribution in [0.4, 0.5) is 0 Å². The fourth-order valence-corrected chi connectivity index (χ4v) is 20.6. The van der Waals surface area contributed by atoms with Crippen molar-refractivity contribution in [2.75, 3.05) is 0 Å². The average molecular weight is 1650 g/mol. The van der Waals surface area contributed by atoms with Crippen molar-refractivity contribution in [1.29, 1.82) is 0 Å². The van der Waals surface area contributed by atoms with Crippen LogP contribution in [0.1, 0.15) is 0 Å². The van der Waals surface area contributed by atoms with Gasteiger partial charge in [-0.1, -0.05) is 364 Å². The normalized spacial score (nSPS) is 11.8. The van der Waals surface area contributed by atoms with Crippen LogP contribution in [0.3, 0.4) is 0 Å². The van der Waals surface area contributed by atoms with Crippen LogP contribution in [0.2, 0.25) is 0 Å². The molecule has 0 saturated heterocycles. The minimum atomic E-state index is 0.831. The van der Waals surface area contributed by atoms with Gasteiger partial charge in [-0.05, 0) is 163 Å². The summed E-state index contributed by atoms with van der Waals surface area (Å²) in [6.07, 6.45) is 0. The van der Waals surface area contributed by atoms with E-state index in [0.717, 1.165) is 129 Å². The third-order valence-electron chi connectivity index (χ3n) is 26.5. The smallest absolute Gasteiger partial charge is 0.0973 e. The maximum absolute atomic E-state index is 5.55. The second-order valence-corrected chi connectivity index (χ2v) is 33.8. The lowest BCUT2D eigenvalue weighted by Gasteiger charge is -2.14. The molecule has 130 heavy (non-hydrogen) atoms. The first-order valence-corrected chi connectivity index (χ1v) is 44.4. The topological polar surface area (TPSA) is 71.3 Å². The van der Waals surface area contributed by atoms with Crippen LogP contribution in [0.15, 0.2) is 461 Å². The molecule has 8 nitrogen and oxygen atoms in total. The van der Waals surface area contributed by atoms with Crippen LogP contribution < -0.4 is 0 Å². The summed E-state index contributed by atoms with van der Waals surface area (Å²) < 4.78 is 9.79. The summed E-state index contributed by atoms with van der Waals surface area (Å²) in [7, 11) is 0. The SMILES string of the molecule is c1ccc(-c2ccc(-c3nc4cc(-n5c6ccccc6c6cc7c8c9ccccc9c9ccccc9c8n(-c8ccccc8)c7cc65)ccc4nc3-c3ccccc3)cc2)cc1.c1ccc(-c2ccc(-c3nc4ccc(-n5c6ccccc6c6cc7c8c9ccccc9c9ccccc9c8n(-c8ccccc8)c7cc65)cc4nc3-c3ccc(-c4ccccc4)cc3)cc2)cc1. The molecule has 0 atom stereocenters. The number of nitrogens with zero attached hydrogens (tertiary/aromatic N) is 8. The quantitative estimate of drug-likeness (QED) is 0.121. The molecule has 0 bridgehead atoms. The fourth-order valence-electron chi connectivity index (χ4n) is 20.6. The molecule has 0 aliphatic carbocycles. The minimum absolute atomic E-state index is 0.831. The van der Waals surface area contributed by atoms with Gasteiger partial charge < -0.3 is 18.3 Å². The third-order valence-corrected chi connectivity index (χ3v) is 26.5. The Morgan fingerprint density at radius 2 is 0.377 bits per heavy atom. The lowest BCUT2D eigenvalue weighted by molar-refractivity contribution is 1.17. The first-order chi connectivity index (χ1) is 64.5. The van der Waals surface area contributed by atoms with E-state index in [1.54, 1.807) is 0 Å². The molecule has 0 radical (unpaired) electrons. The van der Waals surface area contributed by atoms with Gasteiger partial charge in [-0.2, -0.15) is 0 Å². The second-order valence-electron chi connectivity index (χ2n) is 33.8. The summed E-state index contributed by atoms with van der Waals surface area (Å²) in [6.45, 7) is 0. The van der Waals surface area contributed by atoms with Crippen LogP contribution in [0, 0.1) is 0 Å². The highest BCUT2D eigenvalue weighted by Crippen LogP contribution is 2.49. The Labute approximate surface area is 747 Å². The number of rotatable bonds is 11. The van der Waals surface area contributed by atoms with Gasteiger partial charge in [0.2, 0.25) is 0 Å². The third kappa shape index (κ3) is 12.0. The summed E-state index contributed by atoms with van der Waals surface area (Å²) in [5, 5.41) is 19.9. The molecule has 21 aromatic carbocycles. The van der Waals surface area contributed by atoms with Crippen molar-refractivity contribution < 1.29 is 0 Å². The molecular formula is C122H76N8. The van der Waals surface area contributed by atoms with Crippen molar-refractivity contribution in [2.45, 2.75) is 0 Å². The van der Waals surface area contributed by atoms with Crippen molar-refractivity contribution >= 4 is 152 Å². The standard InChI is InChI=1S/C64H40N4.C58H36N4/c1-4-16-41(17-5-1)43-28-32-45(33-29-43)62-63(46-34-30-44(31-35-46)42-18-6-2-7-19-42)66-57-38-48(36-37-56(57)65-62)67-58-27-15-14-24-51(58)54-39-55-60(40-59(54)67)68(47-20-8-3-9-21-47)64-53-26-13-11-23-50(53)49-22-10-12-25-52(49)61(55)64;1-4-16-37(17-5-1)38-28-30-40(31-29-38)57-56(39-18-6-2-7-19-39)59-50-33-32-42(34-51(50)60-57)61-52-27-15-14-24-45(52)48-35-49-54(36-53(48)61)62(41-20-8-3-9-21-41)58-47-26-13-11-23-44(47)43-22-10-12-25-46(43)55(49)58/h1-40H;1-36H. The Morgan fingerprint density at radius 1 is 0.131 bits per heavy atom. The molecule has 27 aromatic rings. The Morgan fingerprint density at radius 3 is 0.723 bits per heavy atom. The van der Waals surface area contributed by atoms with Gasteiger partial charge in [0.15, 0.2) is 0 Å². The molecule has 0 amide bonds. The Kier molecular flexibility index (Phi) is 17.2. The molecule has 8 heteroatoms. The Balaban J connectivity index is 0.000000137. The number of hydrogen-bond acceptors (Lipinski definition) is 4. The molecule has 27 rings (SSSR count). The van der Waals surface area contributed by atoms with Crippen LogP contribution in [0.25, 0.3) is 254 Å². The van der Waals surface area contributed by atoms with E-state index in [1.165, 1.54) is 125 Å². The van der Waals surface area contributed by atoms with E-state index < -0.39 is 0 Å². The van der Waals surface area contributed by atoms with Crippen molar-refractivity contribution in [2.24, 2.45) is 0 Å². The molecule has 0 spiro atoms. The van der Waals surface area contributed by atoms with Gasteiger partial charge in [-0.3, -0.25) is 0 Å². The van der Waals surface area contributed by atoms with E-state index in [9.17, 15) is 0 Å². The molecule has 0 unspecified atom stereocenters. The predicted molar refractivity (Wildman–Crippen MR) is 545 cm³/mol. The van der Waals surface area contributed by atoms with E-state index in [4.69, 9.17) is 19.9 Å². The van der Waals surface area contributed by atoms with Crippen LogP contribution in [0.5, 0.6) is 0 Å². The number of aromatic nitrogens is 8. The highest BCUT2D eigenvalue weighted by atomic mass is 15.0. The first-order valence-electron chi connectivity index (χ1n) is 44.4. The second kappa shape index (κ2) is 30.2. The van der Waals surface area contributed by atoms with Crippen molar-refractivity contribution in [3.63, 3.8) is 0 Å². The van der Waals surface area contributed by atoms with E-state index >= 15 is 0 Å². The number of benzene rings is 21. The number of hydrogen-bond donors (Lipinski definition) is 0. The number of para-hydroxylation sites is 4. The van der Waals surface area contributed by atoms with Gasteiger partial charge >= 0.3 is 0 Å². The van der Waals surface area contributed by atoms with E-state index in [0.29, 0.717) is 0 Å². The van der Waals surface area contributed by atoms with E-state index in [2.05, 4.69) is 473 Å². The molecule has 0 aliphatic rings. The summed E-state index contributed by atoms with van der Waals surface area (Å²) >= 11 is 0. The molecular weight excluding hydrogens is 1580 g/mol. The molecule has 604 valence electrons. The van der Waals surface area contributed by atoms with Gasteiger partial charge in [0.25, 0.3) is 0 Å². The largest absolute Gasteiger partial charge is 0.309 e. The van der Waals surface area contributed by atoms with Gasteiger partial charge in [0.05, 0.1) is 89.0 Å². The zero-order chi connectivity index (χ0) is 85.4. The van der Waals surface area contributed by atoms with Gasteiger partial charge in [0, 0.05) is 98.9 Å². The summed E-state index contributed by atoms with van der Waals surface area (Å²) in [6, 6.07) is 166. The fraction of sp³-hybridized carbons (Fsp3) is 0. The first kappa shape index (κ1) is 74.0. The average Bonchev–Trinajstić information content (AvgIpc) is 1.53. The molecule has 6 aromatic heterocycles. The molecule has 0 saturated carbocycles. The molecule has 0 aliphatic heterocycles. The van der Waals surface area contributed by atoms with Crippen molar-refractivity contribution in [1.82, 2.24) is 38.2 Å². The van der Waals surface area contributed by atoms with E-state index in [1.807, 2.05) is 6.07 Å². The van der Waals surface area contributed by atoms with Crippen LogP contribution in [-0.4, -0.2) is 38.2 Å². The minimum Gasteiger partial charge on any atom is -0.309 e. The van der Waals surface area contributed by atoms with Crippen LogP contribution in [-0.2, 0) is 0 Å². The van der Waals surface area contributed by atoms with Gasteiger partial charge in [-0.25, -0.2) is 19.9 Å². The van der Waals surface area contributed by atoms with E-state index in [-0.39, 0.29) is 0 Å². The predicted octanol–water partition coefficient (Wildman–Crippen LogP) is 31.9. The summed E-state index contributed by atoms with van der Waals surface area (Å²) in [5.41, 5.74) is 31.6. The van der Waals surface area contributed by atoms with Crippen LogP contribution >= 0.6 is 0 Å².